The molecule has 1 aromatic rings. The lowest BCUT2D eigenvalue weighted by molar-refractivity contribution is -0.218. The van der Waals surface area contributed by atoms with E-state index in [9.17, 15) is 14.4 Å². The summed E-state index contributed by atoms with van der Waals surface area (Å²) < 4.78 is 0. The van der Waals surface area contributed by atoms with Crippen molar-refractivity contribution in [2.75, 3.05) is 6.61 Å². The molecule has 1 fully saturated rings. The summed E-state index contributed by atoms with van der Waals surface area (Å²) in [6.45, 7) is 1.54. The van der Waals surface area contributed by atoms with Gasteiger partial charge in [0.05, 0.1) is 13.0 Å². The van der Waals surface area contributed by atoms with Crippen molar-refractivity contribution in [1.29, 1.82) is 0 Å². The largest absolute Gasteiger partial charge is 0.480 e. The smallest absolute Gasteiger partial charge is 0.328 e. The van der Waals surface area contributed by atoms with Gasteiger partial charge in [0.2, 0.25) is 5.91 Å². The maximum absolute atomic E-state index is 12.2. The molecule has 1 heterocycles. The van der Waals surface area contributed by atoms with E-state index in [1.807, 2.05) is 30.3 Å². The molecule has 1 aliphatic rings. The average Bonchev–Trinajstić information content (AvgIpc) is 2.49. The summed E-state index contributed by atoms with van der Waals surface area (Å²) >= 11 is 0. The highest BCUT2D eigenvalue weighted by Gasteiger charge is 2.36. The van der Waals surface area contributed by atoms with Crippen LogP contribution in [-0.2, 0) is 25.6 Å². The van der Waals surface area contributed by atoms with Gasteiger partial charge in [-0.05, 0) is 12.5 Å². The highest BCUT2D eigenvalue weighted by atomic mass is 16.7. The minimum Gasteiger partial charge on any atom is -0.480 e. The van der Waals surface area contributed by atoms with Crippen molar-refractivity contribution < 1.29 is 24.3 Å². The SMILES string of the molecule is C[C@H](C(=O)O)N1OCCC(NC(=O)Cc2ccccc2)C1=O. The lowest BCUT2D eigenvalue weighted by atomic mass is 10.1. The van der Waals surface area contributed by atoms with Crippen LogP contribution < -0.4 is 5.32 Å². The third-order valence-corrected chi connectivity index (χ3v) is 3.40. The zero-order chi connectivity index (χ0) is 16.1. The first-order valence-electron chi connectivity index (χ1n) is 7.01. The fourth-order valence-corrected chi connectivity index (χ4v) is 2.17. The van der Waals surface area contributed by atoms with E-state index in [1.54, 1.807) is 0 Å². The third kappa shape index (κ3) is 3.82. The second-order valence-electron chi connectivity index (χ2n) is 5.08. The summed E-state index contributed by atoms with van der Waals surface area (Å²) in [5, 5.41) is 12.4. The predicted octanol–water partition coefficient (Wildman–Crippen LogP) is 0.351. The van der Waals surface area contributed by atoms with Gasteiger partial charge in [-0.2, -0.15) is 0 Å². The Balaban J connectivity index is 1.95. The fourth-order valence-electron chi connectivity index (χ4n) is 2.17. The maximum atomic E-state index is 12.2. The molecule has 1 unspecified atom stereocenters. The molecule has 2 amide bonds. The molecule has 0 saturated carbocycles. The van der Waals surface area contributed by atoms with Crippen LogP contribution in [0.25, 0.3) is 0 Å². The van der Waals surface area contributed by atoms with E-state index in [0.29, 0.717) is 6.42 Å². The Hall–Kier alpha value is -2.41. The molecule has 0 aliphatic carbocycles. The van der Waals surface area contributed by atoms with Gasteiger partial charge in [0.1, 0.15) is 6.04 Å². The van der Waals surface area contributed by atoms with E-state index in [2.05, 4.69) is 5.32 Å². The fraction of sp³-hybridized carbons (Fsp3) is 0.400. The van der Waals surface area contributed by atoms with Crippen molar-refractivity contribution in [3.05, 3.63) is 35.9 Å². The number of carboxylic acids is 1. The molecule has 7 nitrogen and oxygen atoms in total. The Morgan fingerprint density at radius 2 is 2.09 bits per heavy atom. The van der Waals surface area contributed by atoms with E-state index in [1.165, 1.54) is 6.92 Å². The van der Waals surface area contributed by atoms with E-state index >= 15 is 0 Å². The maximum Gasteiger partial charge on any atom is 0.328 e. The molecule has 7 heteroatoms. The first kappa shape index (κ1) is 16.0. The van der Waals surface area contributed by atoms with E-state index < -0.39 is 24.0 Å². The highest BCUT2D eigenvalue weighted by Crippen LogP contribution is 2.13. The van der Waals surface area contributed by atoms with Gasteiger partial charge in [-0.1, -0.05) is 30.3 Å². The molecular formula is C15H18N2O5. The van der Waals surface area contributed by atoms with Crippen LogP contribution in [-0.4, -0.2) is 46.6 Å². The van der Waals surface area contributed by atoms with Crippen LogP contribution in [0.4, 0.5) is 0 Å². The van der Waals surface area contributed by atoms with Gasteiger partial charge in [0.25, 0.3) is 5.91 Å². The third-order valence-electron chi connectivity index (χ3n) is 3.40. The Labute approximate surface area is 127 Å². The van der Waals surface area contributed by atoms with E-state index in [-0.39, 0.29) is 18.9 Å². The quantitative estimate of drug-likeness (QED) is 0.818. The first-order chi connectivity index (χ1) is 10.5. The lowest BCUT2D eigenvalue weighted by Gasteiger charge is -2.33. The molecule has 1 aliphatic heterocycles. The number of hydrogen-bond acceptors (Lipinski definition) is 4. The van der Waals surface area contributed by atoms with Crippen molar-refractivity contribution in [3.63, 3.8) is 0 Å². The van der Waals surface area contributed by atoms with Crippen LogP contribution in [0.1, 0.15) is 18.9 Å². The van der Waals surface area contributed by atoms with Crippen molar-refractivity contribution in [2.24, 2.45) is 0 Å². The summed E-state index contributed by atoms with van der Waals surface area (Å²) in [7, 11) is 0. The Bertz CT molecular complexity index is 560. The normalized spacial score (nSPS) is 19.6. The average molecular weight is 306 g/mol. The van der Waals surface area contributed by atoms with Gasteiger partial charge < -0.3 is 10.4 Å². The molecule has 0 bridgehead atoms. The van der Waals surface area contributed by atoms with Gasteiger partial charge in [-0.3, -0.25) is 14.4 Å². The van der Waals surface area contributed by atoms with Crippen LogP contribution >= 0.6 is 0 Å². The van der Waals surface area contributed by atoms with E-state index in [0.717, 1.165) is 10.6 Å². The molecule has 1 saturated heterocycles. The molecule has 0 aromatic heterocycles. The molecule has 2 rings (SSSR count). The molecule has 1 aromatic carbocycles. The lowest BCUT2D eigenvalue weighted by Crippen LogP contribution is -2.56. The second-order valence-corrected chi connectivity index (χ2v) is 5.08. The van der Waals surface area contributed by atoms with Gasteiger partial charge in [0.15, 0.2) is 6.04 Å². The van der Waals surface area contributed by atoms with Gasteiger partial charge in [-0.25, -0.2) is 9.86 Å². The molecule has 2 N–H and O–H groups in total. The van der Waals surface area contributed by atoms with Crippen molar-refractivity contribution in [3.8, 4) is 0 Å². The minimum absolute atomic E-state index is 0.167. The number of carboxylic acid groups (broad SMARTS) is 1. The zero-order valence-corrected chi connectivity index (χ0v) is 12.2. The number of nitrogens with one attached hydrogen (secondary N) is 1. The molecule has 22 heavy (non-hydrogen) atoms. The number of carbonyl (C=O) groups excluding carboxylic acids is 2. The van der Waals surface area contributed by atoms with Crippen LogP contribution in [0.15, 0.2) is 30.3 Å². The summed E-state index contributed by atoms with van der Waals surface area (Å²) in [4.78, 5) is 40.2. The van der Waals surface area contributed by atoms with Crippen LogP contribution in [0.3, 0.4) is 0 Å². The van der Waals surface area contributed by atoms with Crippen molar-refractivity contribution >= 4 is 17.8 Å². The standard InChI is InChI=1S/C15H18N2O5/c1-10(15(20)21)17-14(19)12(7-8-22-17)16-13(18)9-11-5-3-2-4-6-11/h2-6,10,12H,7-9H2,1H3,(H,16,18)(H,20,21)/t10-,12?/m1/s1. The topological polar surface area (TPSA) is 95.9 Å². The summed E-state index contributed by atoms with van der Waals surface area (Å²) in [6.07, 6.45) is 0.488. The minimum atomic E-state index is -1.16. The number of amides is 2. The second kappa shape index (κ2) is 7.04. The first-order valence-corrected chi connectivity index (χ1v) is 7.01. The Morgan fingerprint density at radius 3 is 2.73 bits per heavy atom. The Kier molecular flexibility index (Phi) is 5.11. The summed E-state index contributed by atoms with van der Waals surface area (Å²) in [5.41, 5.74) is 0.843. The molecule has 118 valence electrons. The van der Waals surface area contributed by atoms with Crippen molar-refractivity contribution in [1.82, 2.24) is 10.4 Å². The van der Waals surface area contributed by atoms with Gasteiger partial charge in [0, 0.05) is 6.42 Å². The van der Waals surface area contributed by atoms with Gasteiger partial charge >= 0.3 is 5.97 Å². The Morgan fingerprint density at radius 1 is 1.41 bits per heavy atom. The number of hydroxylamine groups is 2. The number of rotatable bonds is 5. The molecule has 0 spiro atoms. The van der Waals surface area contributed by atoms with Crippen LogP contribution in [0.2, 0.25) is 0 Å². The summed E-state index contributed by atoms with van der Waals surface area (Å²) in [6, 6.07) is 7.31. The summed E-state index contributed by atoms with van der Waals surface area (Å²) in [5.74, 6) is -1.98. The zero-order valence-electron chi connectivity index (χ0n) is 12.2. The highest BCUT2D eigenvalue weighted by molar-refractivity contribution is 5.90. The van der Waals surface area contributed by atoms with Crippen molar-refractivity contribution in [2.45, 2.75) is 31.8 Å². The van der Waals surface area contributed by atoms with Gasteiger partial charge in [-0.15, -0.1) is 0 Å². The predicted molar refractivity (Wildman–Crippen MR) is 76.6 cm³/mol. The van der Waals surface area contributed by atoms with Crippen LogP contribution in [0.5, 0.6) is 0 Å². The molecular weight excluding hydrogens is 288 g/mol. The number of carbonyl (C=O) groups is 3. The number of nitrogens with zero attached hydrogens (tertiary/aromatic N) is 1. The number of aliphatic carboxylic acids is 1. The molecule has 2 atom stereocenters. The number of hydrogen-bond donors (Lipinski definition) is 2. The van der Waals surface area contributed by atoms with Crippen LogP contribution in [0, 0.1) is 0 Å². The molecule has 0 radical (unpaired) electrons. The van der Waals surface area contributed by atoms with E-state index in [4.69, 9.17) is 9.94 Å². The monoisotopic (exact) mass is 306 g/mol. The number of benzene rings is 1.